The molecular weight excluding hydrogens is 579 g/mol. The van der Waals surface area contributed by atoms with Crippen molar-refractivity contribution < 1.29 is 12.8 Å². The molecule has 0 radical (unpaired) electrons. The van der Waals surface area contributed by atoms with E-state index in [1.165, 1.54) is 10.4 Å². The summed E-state index contributed by atoms with van der Waals surface area (Å²) >= 11 is 0. The van der Waals surface area contributed by atoms with Gasteiger partial charge in [-0.1, -0.05) is 154 Å². The molecule has 0 saturated heterocycles. The van der Waals surface area contributed by atoms with E-state index < -0.39 is 24.4 Å². The molecule has 0 aliphatic heterocycles. The van der Waals surface area contributed by atoms with Crippen molar-refractivity contribution in [2.75, 3.05) is 6.61 Å². The number of hydrogen-bond acceptors (Lipinski definition) is 3. The Morgan fingerprint density at radius 3 is 1.73 bits per heavy atom. The van der Waals surface area contributed by atoms with Gasteiger partial charge in [0.25, 0.3) is 8.32 Å². The first-order chi connectivity index (χ1) is 21.1. The van der Waals surface area contributed by atoms with Crippen molar-refractivity contribution in [3.05, 3.63) is 162 Å². The zero-order valence-corrected chi connectivity index (χ0v) is 27.7. The van der Waals surface area contributed by atoms with Gasteiger partial charge in [0.2, 0.25) is 10.0 Å². The lowest BCUT2D eigenvalue weighted by molar-refractivity contribution is 0.301. The van der Waals surface area contributed by atoms with Gasteiger partial charge in [-0.3, -0.25) is 0 Å². The molecular formula is C38H41NO3SSi. The van der Waals surface area contributed by atoms with E-state index in [0.717, 1.165) is 22.3 Å². The molecule has 0 spiro atoms. The molecule has 5 aromatic carbocycles. The number of hydrogen-bond donors (Lipinski definition) is 1. The highest BCUT2D eigenvalue weighted by Gasteiger charge is 2.50. The maximum absolute atomic E-state index is 13.7. The first-order valence-corrected chi connectivity index (χ1v) is 18.5. The molecule has 5 aromatic rings. The van der Waals surface area contributed by atoms with Gasteiger partial charge in [-0.15, -0.1) is 0 Å². The van der Waals surface area contributed by atoms with Gasteiger partial charge in [0.15, 0.2) is 0 Å². The van der Waals surface area contributed by atoms with Crippen LogP contribution in [0.4, 0.5) is 0 Å². The quantitative estimate of drug-likeness (QED) is 0.159. The van der Waals surface area contributed by atoms with Crippen molar-refractivity contribution in [3.63, 3.8) is 0 Å². The summed E-state index contributed by atoms with van der Waals surface area (Å²) in [6.45, 7) is 9.27. The van der Waals surface area contributed by atoms with E-state index in [9.17, 15) is 8.42 Å². The van der Waals surface area contributed by atoms with Crippen molar-refractivity contribution in [2.45, 2.75) is 50.1 Å². The Labute approximate surface area is 264 Å². The zero-order valence-electron chi connectivity index (χ0n) is 25.9. The van der Waals surface area contributed by atoms with E-state index in [2.05, 4.69) is 80.1 Å². The monoisotopic (exact) mass is 619 g/mol. The first-order valence-electron chi connectivity index (χ1n) is 15.1. The Morgan fingerprint density at radius 1 is 0.682 bits per heavy atom. The van der Waals surface area contributed by atoms with Crippen LogP contribution in [0.25, 0.3) is 0 Å². The molecule has 1 atom stereocenters. The zero-order chi connectivity index (χ0) is 31.2. The molecule has 1 N–H and O–H groups in total. The van der Waals surface area contributed by atoms with Gasteiger partial charge >= 0.3 is 0 Å². The molecule has 0 unspecified atom stereocenters. The minimum absolute atomic E-state index is 0.133. The second kappa shape index (κ2) is 13.4. The van der Waals surface area contributed by atoms with Crippen LogP contribution in [0.5, 0.6) is 0 Å². The highest BCUT2D eigenvalue weighted by atomic mass is 32.2. The van der Waals surface area contributed by atoms with E-state index in [1.54, 1.807) is 12.1 Å². The molecule has 0 aliphatic carbocycles. The summed E-state index contributed by atoms with van der Waals surface area (Å²) in [7, 11) is -6.51. The number of benzene rings is 5. The molecule has 0 heterocycles. The summed E-state index contributed by atoms with van der Waals surface area (Å²) in [5.74, 6) is 0. The fourth-order valence-electron chi connectivity index (χ4n) is 6.02. The van der Waals surface area contributed by atoms with Crippen molar-refractivity contribution in [2.24, 2.45) is 0 Å². The summed E-state index contributed by atoms with van der Waals surface area (Å²) in [5.41, 5.74) is 3.85. The lowest BCUT2D eigenvalue weighted by Crippen LogP contribution is -2.66. The summed E-state index contributed by atoms with van der Waals surface area (Å²) in [5, 5.41) is 2.34. The number of rotatable bonds is 11. The minimum atomic E-state index is -3.80. The predicted octanol–water partition coefficient (Wildman–Crippen LogP) is 7.18. The van der Waals surface area contributed by atoms with E-state index in [-0.39, 0.29) is 9.93 Å². The maximum Gasteiger partial charge on any atom is 0.261 e. The Kier molecular flexibility index (Phi) is 9.66. The Balaban J connectivity index is 1.50. The van der Waals surface area contributed by atoms with Crippen LogP contribution in [0.2, 0.25) is 5.04 Å². The van der Waals surface area contributed by atoms with Crippen molar-refractivity contribution >= 4 is 28.7 Å². The van der Waals surface area contributed by atoms with Gasteiger partial charge in [0.05, 0.1) is 10.9 Å². The van der Waals surface area contributed by atoms with Crippen LogP contribution in [-0.4, -0.2) is 23.3 Å². The summed E-state index contributed by atoms with van der Waals surface area (Å²) in [4.78, 5) is 0.247. The average molecular weight is 620 g/mol. The molecule has 0 bridgehead atoms. The summed E-state index contributed by atoms with van der Waals surface area (Å²) < 4.78 is 37.5. The third kappa shape index (κ3) is 6.79. The smallest absolute Gasteiger partial charge is 0.261 e. The highest BCUT2D eigenvalue weighted by Crippen LogP contribution is 2.37. The largest absolute Gasteiger partial charge is 0.407 e. The topological polar surface area (TPSA) is 55.4 Å². The van der Waals surface area contributed by atoms with Crippen molar-refractivity contribution in [3.8, 4) is 0 Å². The van der Waals surface area contributed by atoms with E-state index >= 15 is 0 Å². The van der Waals surface area contributed by atoms with Gasteiger partial charge in [0, 0.05) is 6.61 Å². The molecule has 226 valence electrons. The molecule has 4 nitrogen and oxygen atoms in total. The van der Waals surface area contributed by atoms with Crippen LogP contribution >= 0.6 is 0 Å². The van der Waals surface area contributed by atoms with Crippen LogP contribution < -0.4 is 15.1 Å². The second-order valence-corrected chi connectivity index (χ2v) is 18.3. The molecule has 0 fully saturated rings. The molecule has 0 aromatic heterocycles. The Hall–Kier alpha value is -3.81. The Bertz CT molecular complexity index is 1710. The standard InChI is InChI=1S/C38H41NO3SSi/c1-30-24-26-33(27-25-30)43(40,41)39-37(32-17-8-5-9-18-32)36-23-15-14-16-31(36)28-29-42-44(38(2,3)4,34-19-10-6-11-20-34)35-21-12-7-13-22-35/h5-27,37,39H,28-29H2,1-4H3/t37-/m0/s1. The lowest BCUT2D eigenvalue weighted by Gasteiger charge is -2.43. The predicted molar refractivity (Wildman–Crippen MR) is 184 cm³/mol. The SMILES string of the molecule is Cc1ccc(S(=O)(=O)N[C@@H](c2ccccc2)c2ccccc2CCO[Si](c2ccccc2)(c2ccccc2)C(C)(C)C)cc1. The maximum atomic E-state index is 13.7. The average Bonchev–Trinajstić information content (AvgIpc) is 3.03. The third-order valence-corrected chi connectivity index (χ3v) is 14.7. The van der Waals surface area contributed by atoms with Gasteiger partial charge in [-0.05, 0) is 57.6 Å². The Morgan fingerprint density at radius 2 is 1.18 bits per heavy atom. The van der Waals surface area contributed by atoms with Crippen LogP contribution in [0.3, 0.4) is 0 Å². The van der Waals surface area contributed by atoms with E-state index in [0.29, 0.717) is 13.0 Å². The molecule has 5 rings (SSSR count). The highest BCUT2D eigenvalue weighted by molar-refractivity contribution is 7.89. The molecule has 6 heteroatoms. The van der Waals surface area contributed by atoms with Gasteiger partial charge in [-0.2, -0.15) is 4.72 Å². The number of aryl methyl sites for hydroxylation is 1. The summed E-state index contributed by atoms with van der Waals surface area (Å²) in [6.07, 6.45) is 0.635. The molecule has 0 saturated carbocycles. The van der Waals surface area contributed by atoms with E-state index in [4.69, 9.17) is 4.43 Å². The molecule has 0 amide bonds. The van der Waals surface area contributed by atoms with Crippen LogP contribution in [0.15, 0.2) is 144 Å². The second-order valence-electron chi connectivity index (χ2n) is 12.2. The lowest BCUT2D eigenvalue weighted by atomic mass is 9.94. The van der Waals surface area contributed by atoms with Gasteiger partial charge < -0.3 is 4.43 Å². The van der Waals surface area contributed by atoms with Crippen LogP contribution in [0, 0.1) is 6.92 Å². The van der Waals surface area contributed by atoms with E-state index in [1.807, 2.05) is 79.7 Å². The molecule has 0 aliphatic rings. The number of sulfonamides is 1. The fraction of sp³-hybridized carbons (Fsp3) is 0.211. The van der Waals surface area contributed by atoms with Gasteiger partial charge in [0.1, 0.15) is 0 Å². The van der Waals surface area contributed by atoms with Crippen molar-refractivity contribution in [1.29, 1.82) is 0 Å². The van der Waals surface area contributed by atoms with Crippen LogP contribution in [0.1, 0.15) is 49.1 Å². The van der Waals surface area contributed by atoms with Crippen molar-refractivity contribution in [1.82, 2.24) is 4.72 Å². The van der Waals surface area contributed by atoms with Gasteiger partial charge in [-0.25, -0.2) is 8.42 Å². The normalized spacial score (nSPS) is 13.0. The molecule has 44 heavy (non-hydrogen) atoms. The van der Waals surface area contributed by atoms with Crippen LogP contribution in [-0.2, 0) is 20.9 Å². The first kappa shape index (κ1) is 31.6. The number of nitrogens with one attached hydrogen (secondary N) is 1. The summed E-state index contributed by atoms with van der Waals surface area (Å²) in [6, 6.07) is 45.5. The third-order valence-electron chi connectivity index (χ3n) is 8.21. The fourth-order valence-corrected chi connectivity index (χ4v) is 11.8. The minimum Gasteiger partial charge on any atom is -0.407 e.